The average Bonchev–Trinajstić information content (AvgIpc) is 2.42. The van der Waals surface area contributed by atoms with Gasteiger partial charge < -0.3 is 10.5 Å². The number of anilines is 1. The second kappa shape index (κ2) is 5.71. The molecule has 1 aromatic rings. The topological polar surface area (TPSA) is 72.6 Å². The van der Waals surface area contributed by atoms with Gasteiger partial charge in [-0.05, 0) is 49.9 Å². The van der Waals surface area contributed by atoms with Gasteiger partial charge in [0.2, 0.25) is 10.0 Å². The van der Waals surface area contributed by atoms with E-state index >= 15 is 0 Å². The summed E-state index contributed by atoms with van der Waals surface area (Å²) in [6.45, 7) is 4.78. The van der Waals surface area contributed by atoms with Crippen molar-refractivity contribution in [2.24, 2.45) is 0 Å². The van der Waals surface area contributed by atoms with Gasteiger partial charge >= 0.3 is 0 Å². The number of nitrogens with two attached hydrogens (primary N) is 1. The lowest BCUT2D eigenvalue weighted by molar-refractivity contribution is 0.0604. The molecule has 0 spiro atoms. The Morgan fingerprint density at radius 3 is 2.30 bits per heavy atom. The van der Waals surface area contributed by atoms with Crippen LogP contribution in [0.15, 0.2) is 17.0 Å². The molecule has 0 aromatic heterocycles. The number of rotatable bonds is 3. The standard InChI is InChI=1S/C14H22N2O3S/c1-10-8-13(15)14(9-11(10)2)20(17,18)16-6-4-12(19-3)5-7-16/h8-9,12H,4-7,15H2,1-3H3. The Morgan fingerprint density at radius 1 is 1.20 bits per heavy atom. The molecule has 0 aliphatic carbocycles. The van der Waals surface area contributed by atoms with Crippen molar-refractivity contribution < 1.29 is 13.2 Å². The quantitative estimate of drug-likeness (QED) is 0.862. The van der Waals surface area contributed by atoms with Crippen LogP contribution in [0.3, 0.4) is 0 Å². The molecule has 6 heteroatoms. The van der Waals surface area contributed by atoms with E-state index in [4.69, 9.17) is 10.5 Å². The molecule has 2 rings (SSSR count). The largest absolute Gasteiger partial charge is 0.398 e. The molecule has 2 N–H and O–H groups in total. The highest BCUT2D eigenvalue weighted by atomic mass is 32.2. The van der Waals surface area contributed by atoms with Gasteiger partial charge in [-0.3, -0.25) is 0 Å². The summed E-state index contributed by atoms with van der Waals surface area (Å²) >= 11 is 0. The van der Waals surface area contributed by atoms with Crippen molar-refractivity contribution in [2.75, 3.05) is 25.9 Å². The molecule has 1 fully saturated rings. The van der Waals surface area contributed by atoms with Crippen molar-refractivity contribution >= 4 is 15.7 Å². The van der Waals surface area contributed by atoms with Crippen LogP contribution in [0.25, 0.3) is 0 Å². The fourth-order valence-electron chi connectivity index (χ4n) is 2.48. The van der Waals surface area contributed by atoms with Crippen LogP contribution in [0.4, 0.5) is 5.69 Å². The van der Waals surface area contributed by atoms with Crippen molar-refractivity contribution in [3.63, 3.8) is 0 Å². The summed E-state index contributed by atoms with van der Waals surface area (Å²) in [7, 11) is -1.85. The number of nitrogen functional groups attached to an aromatic ring is 1. The van der Waals surface area contributed by atoms with E-state index in [0.717, 1.165) is 24.0 Å². The normalized spacial score (nSPS) is 18.4. The highest BCUT2D eigenvalue weighted by Crippen LogP contribution is 2.28. The van der Waals surface area contributed by atoms with Crippen molar-refractivity contribution in [1.29, 1.82) is 0 Å². The van der Waals surface area contributed by atoms with Gasteiger partial charge in [-0.2, -0.15) is 4.31 Å². The lowest BCUT2D eigenvalue weighted by Gasteiger charge is -2.30. The predicted octanol–water partition coefficient (Wildman–Crippen LogP) is 1.69. The Morgan fingerprint density at radius 2 is 1.75 bits per heavy atom. The zero-order valence-electron chi connectivity index (χ0n) is 12.2. The third kappa shape index (κ3) is 2.82. The maximum absolute atomic E-state index is 12.7. The molecule has 112 valence electrons. The van der Waals surface area contributed by atoms with Gasteiger partial charge in [-0.15, -0.1) is 0 Å². The fraction of sp³-hybridized carbons (Fsp3) is 0.571. The summed E-state index contributed by atoms with van der Waals surface area (Å²) < 4.78 is 32.1. The van der Waals surface area contributed by atoms with E-state index in [0.29, 0.717) is 18.8 Å². The van der Waals surface area contributed by atoms with Crippen molar-refractivity contribution in [1.82, 2.24) is 4.31 Å². The van der Waals surface area contributed by atoms with Gasteiger partial charge in [0.25, 0.3) is 0 Å². The first-order valence-corrected chi connectivity index (χ1v) is 8.20. The molecule has 5 nitrogen and oxygen atoms in total. The summed E-state index contributed by atoms with van der Waals surface area (Å²) in [4.78, 5) is 0.219. The van der Waals surface area contributed by atoms with Crippen molar-refractivity contribution in [2.45, 2.75) is 37.7 Å². The SMILES string of the molecule is COC1CCN(S(=O)(=O)c2cc(C)c(C)cc2N)CC1. The summed E-state index contributed by atoms with van der Waals surface area (Å²) in [5.74, 6) is 0. The van der Waals surface area contributed by atoms with Gasteiger partial charge in [0.05, 0.1) is 11.8 Å². The molecule has 0 unspecified atom stereocenters. The summed E-state index contributed by atoms with van der Waals surface area (Å²) in [6.07, 6.45) is 1.60. The van der Waals surface area contributed by atoms with Crippen molar-refractivity contribution in [3.05, 3.63) is 23.3 Å². The minimum Gasteiger partial charge on any atom is -0.398 e. The summed E-state index contributed by atoms with van der Waals surface area (Å²) in [5, 5.41) is 0. The third-order valence-corrected chi connectivity index (χ3v) is 5.93. The molecular weight excluding hydrogens is 276 g/mol. The Balaban J connectivity index is 2.30. The second-order valence-corrected chi connectivity index (χ2v) is 7.22. The predicted molar refractivity (Wildman–Crippen MR) is 79.1 cm³/mol. The lowest BCUT2D eigenvalue weighted by Crippen LogP contribution is -2.40. The molecule has 0 saturated carbocycles. The number of benzene rings is 1. The number of aryl methyl sites for hydroxylation is 2. The molecule has 20 heavy (non-hydrogen) atoms. The van der Waals surface area contributed by atoms with Gasteiger partial charge in [-0.25, -0.2) is 8.42 Å². The molecule has 1 aliphatic heterocycles. The highest BCUT2D eigenvalue weighted by Gasteiger charge is 2.30. The van der Waals surface area contributed by atoms with Gasteiger partial charge in [0.15, 0.2) is 0 Å². The van der Waals surface area contributed by atoms with Crippen LogP contribution < -0.4 is 5.73 Å². The first-order chi connectivity index (χ1) is 9.36. The number of piperidine rings is 1. The van der Waals surface area contributed by atoms with E-state index in [2.05, 4.69) is 0 Å². The maximum Gasteiger partial charge on any atom is 0.245 e. The van der Waals surface area contributed by atoms with E-state index in [1.54, 1.807) is 19.2 Å². The number of nitrogens with zero attached hydrogens (tertiary/aromatic N) is 1. The minimum absolute atomic E-state index is 0.151. The van der Waals surface area contributed by atoms with Crippen LogP contribution in [0.1, 0.15) is 24.0 Å². The monoisotopic (exact) mass is 298 g/mol. The number of sulfonamides is 1. The number of ether oxygens (including phenoxy) is 1. The highest BCUT2D eigenvalue weighted by molar-refractivity contribution is 7.89. The molecule has 1 saturated heterocycles. The van der Waals surface area contributed by atoms with E-state index in [1.807, 2.05) is 13.8 Å². The summed E-state index contributed by atoms with van der Waals surface area (Å²) in [5.41, 5.74) is 8.16. The first-order valence-electron chi connectivity index (χ1n) is 6.76. The number of hydrogen-bond acceptors (Lipinski definition) is 4. The molecule has 0 radical (unpaired) electrons. The zero-order chi connectivity index (χ0) is 14.9. The van der Waals surface area contributed by atoms with E-state index in [1.165, 1.54) is 4.31 Å². The lowest BCUT2D eigenvalue weighted by atomic mass is 10.1. The van der Waals surface area contributed by atoms with Crippen LogP contribution in [0, 0.1) is 13.8 Å². The fourth-order valence-corrected chi connectivity index (χ4v) is 4.13. The Hall–Kier alpha value is -1.11. The Labute approximate surface area is 120 Å². The third-order valence-electron chi connectivity index (χ3n) is 3.98. The number of hydrogen-bond donors (Lipinski definition) is 1. The van der Waals surface area contributed by atoms with Crippen LogP contribution >= 0.6 is 0 Å². The first kappa shape index (κ1) is 15.3. The maximum atomic E-state index is 12.7. The van der Waals surface area contributed by atoms with Gasteiger partial charge in [-0.1, -0.05) is 0 Å². The average molecular weight is 298 g/mol. The van der Waals surface area contributed by atoms with Crippen LogP contribution in [-0.4, -0.2) is 39.0 Å². The molecule has 1 aromatic carbocycles. The van der Waals surface area contributed by atoms with E-state index in [-0.39, 0.29) is 11.0 Å². The molecule has 0 amide bonds. The smallest absolute Gasteiger partial charge is 0.245 e. The Bertz CT molecular complexity index is 591. The molecule has 1 heterocycles. The molecule has 1 aliphatic rings. The van der Waals surface area contributed by atoms with Crippen LogP contribution in [0.2, 0.25) is 0 Å². The van der Waals surface area contributed by atoms with E-state index < -0.39 is 10.0 Å². The van der Waals surface area contributed by atoms with E-state index in [9.17, 15) is 8.42 Å². The number of methoxy groups -OCH3 is 1. The minimum atomic E-state index is -3.51. The zero-order valence-corrected chi connectivity index (χ0v) is 13.0. The molecule has 0 bridgehead atoms. The Kier molecular flexibility index (Phi) is 4.36. The van der Waals surface area contributed by atoms with Crippen LogP contribution in [0.5, 0.6) is 0 Å². The molecule has 0 atom stereocenters. The summed E-state index contributed by atoms with van der Waals surface area (Å²) in [6, 6.07) is 3.40. The van der Waals surface area contributed by atoms with Gasteiger partial charge in [0.1, 0.15) is 4.90 Å². The van der Waals surface area contributed by atoms with Crippen molar-refractivity contribution in [3.8, 4) is 0 Å². The molecular formula is C14H22N2O3S. The second-order valence-electron chi connectivity index (χ2n) is 5.31. The van der Waals surface area contributed by atoms with Gasteiger partial charge in [0, 0.05) is 20.2 Å². The van der Waals surface area contributed by atoms with Crippen LogP contribution in [-0.2, 0) is 14.8 Å².